The Labute approximate surface area is 274 Å². The highest BCUT2D eigenvalue weighted by Gasteiger charge is 2.42. The molecule has 5 rings (SSSR count). The average Bonchev–Trinajstić information content (AvgIpc) is 3.75. The monoisotopic (exact) mass is 639 g/mol. The van der Waals surface area contributed by atoms with Gasteiger partial charge < -0.3 is 9.47 Å². The molecule has 2 aromatic heterocycles. The van der Waals surface area contributed by atoms with Crippen LogP contribution in [0.25, 0.3) is 11.0 Å². The smallest absolute Gasteiger partial charge is 0.357 e. The van der Waals surface area contributed by atoms with Gasteiger partial charge in [0, 0.05) is 47.5 Å². The summed E-state index contributed by atoms with van der Waals surface area (Å²) < 4.78 is 43.6. The van der Waals surface area contributed by atoms with Gasteiger partial charge in [-0.1, -0.05) is 37.0 Å². The molecule has 1 fully saturated rings. The average molecular weight is 640 g/mol. The number of rotatable bonds is 10. The second kappa shape index (κ2) is 14.0. The van der Waals surface area contributed by atoms with Crippen LogP contribution in [0.5, 0.6) is 0 Å². The van der Waals surface area contributed by atoms with Crippen molar-refractivity contribution in [3.05, 3.63) is 99.8 Å². The van der Waals surface area contributed by atoms with Crippen LogP contribution in [0.15, 0.2) is 65.7 Å². The Balaban J connectivity index is 1.37. The number of benzene rings is 2. The number of halogens is 3. The number of hydrogen-bond acceptors (Lipinski definition) is 5. The summed E-state index contributed by atoms with van der Waals surface area (Å²) in [5.41, 5.74) is 5.93. The number of aromatic nitrogens is 3. The second-order valence-corrected chi connectivity index (χ2v) is 12.2. The number of ketones is 1. The first-order chi connectivity index (χ1) is 22.4. The van der Waals surface area contributed by atoms with Crippen molar-refractivity contribution < 1.29 is 18.0 Å². The molecule has 4 aromatic rings. The van der Waals surface area contributed by atoms with Gasteiger partial charge in [-0.25, -0.2) is 9.97 Å². The molecule has 0 amide bonds. The highest BCUT2D eigenvalue weighted by atomic mass is 19.4. The zero-order valence-corrected chi connectivity index (χ0v) is 27.7. The zero-order valence-electron chi connectivity index (χ0n) is 27.7. The Hall–Kier alpha value is -4.71. The summed E-state index contributed by atoms with van der Waals surface area (Å²) in [7, 11) is 0. The van der Waals surface area contributed by atoms with E-state index in [4.69, 9.17) is 0 Å². The molecular weight excluding hydrogens is 599 g/mol. The molecule has 47 heavy (non-hydrogen) atoms. The molecule has 0 radical (unpaired) electrons. The lowest BCUT2D eigenvalue weighted by atomic mass is 10.0. The fraction of sp³-hybridized carbons (Fsp3) is 0.368. The van der Waals surface area contributed by atoms with Crippen molar-refractivity contribution in [1.82, 2.24) is 14.5 Å². The molecule has 0 saturated carbocycles. The van der Waals surface area contributed by atoms with E-state index in [1.807, 2.05) is 39.1 Å². The van der Waals surface area contributed by atoms with Crippen molar-refractivity contribution in [3.63, 3.8) is 0 Å². The maximum atomic E-state index is 13.8. The molecule has 1 aliphatic heterocycles. The predicted molar refractivity (Wildman–Crippen MR) is 182 cm³/mol. The van der Waals surface area contributed by atoms with Crippen LogP contribution < -0.4 is 4.90 Å². The van der Waals surface area contributed by atoms with Gasteiger partial charge >= 0.3 is 6.18 Å². The Morgan fingerprint density at radius 3 is 2.60 bits per heavy atom. The minimum absolute atomic E-state index is 0.137. The largest absolute Gasteiger partial charge is 0.416 e. The number of alkyl halides is 3. The number of carbonyl (C=O) groups is 1. The lowest BCUT2D eigenvalue weighted by Crippen LogP contribution is -2.14. The van der Waals surface area contributed by atoms with E-state index < -0.39 is 17.8 Å². The molecule has 1 atom stereocenters. The number of nitrogens with zero attached hydrogens (tertiary/aromatic N) is 5. The second-order valence-electron chi connectivity index (χ2n) is 12.2. The van der Waals surface area contributed by atoms with Crippen LogP contribution in [0.3, 0.4) is 0 Å². The van der Waals surface area contributed by atoms with E-state index >= 15 is 0 Å². The number of aryl methyl sites for hydroxylation is 3. The summed E-state index contributed by atoms with van der Waals surface area (Å²) in [5, 5.41) is 0.937. The minimum atomic E-state index is -4.48. The van der Waals surface area contributed by atoms with Crippen molar-refractivity contribution in [2.24, 2.45) is 4.99 Å². The maximum absolute atomic E-state index is 13.8. The summed E-state index contributed by atoms with van der Waals surface area (Å²) in [6.07, 6.45) is 5.44. The number of hydrogen-bond donors (Lipinski definition) is 0. The summed E-state index contributed by atoms with van der Waals surface area (Å²) in [5.74, 6) is 6.44. The number of aliphatic imine (C=N–C) groups is 1. The van der Waals surface area contributed by atoms with E-state index in [2.05, 4.69) is 52.1 Å². The first kappa shape index (κ1) is 33.6. The number of fused-ring (bicyclic) bond motifs is 1. The molecule has 0 spiro atoms. The fourth-order valence-corrected chi connectivity index (χ4v) is 5.81. The lowest BCUT2D eigenvalue weighted by Gasteiger charge is -2.14. The first-order valence-electron chi connectivity index (χ1n) is 16.1. The van der Waals surface area contributed by atoms with Crippen molar-refractivity contribution in [3.8, 4) is 11.8 Å². The molecular formula is C38H40F3N5O. The predicted octanol–water partition coefficient (Wildman–Crippen LogP) is 8.69. The van der Waals surface area contributed by atoms with Crippen molar-refractivity contribution >= 4 is 28.7 Å². The zero-order chi connectivity index (χ0) is 33.9. The van der Waals surface area contributed by atoms with E-state index in [-0.39, 0.29) is 11.8 Å². The van der Waals surface area contributed by atoms with Gasteiger partial charge in [0.2, 0.25) is 0 Å². The van der Waals surface area contributed by atoms with Crippen LogP contribution in [0.2, 0.25) is 0 Å². The quantitative estimate of drug-likeness (QED) is 0.0573. The summed E-state index contributed by atoms with van der Waals surface area (Å²) >= 11 is 0. The van der Waals surface area contributed by atoms with Gasteiger partial charge in [-0.05, 0) is 95.7 Å². The van der Waals surface area contributed by atoms with Gasteiger partial charge in [-0.2, -0.15) is 13.2 Å². The van der Waals surface area contributed by atoms with E-state index in [1.54, 1.807) is 35.6 Å². The van der Waals surface area contributed by atoms with Crippen molar-refractivity contribution in [2.45, 2.75) is 85.5 Å². The Kier molecular flexibility index (Phi) is 9.99. The molecule has 0 bridgehead atoms. The third kappa shape index (κ3) is 7.65. The minimum Gasteiger partial charge on any atom is -0.357 e. The number of allylic oxidation sites excluding steroid dienone is 2. The topological polar surface area (TPSA) is 63.1 Å². The van der Waals surface area contributed by atoms with Gasteiger partial charge in [0.25, 0.3) is 0 Å². The molecule has 244 valence electrons. The van der Waals surface area contributed by atoms with E-state index in [0.29, 0.717) is 42.6 Å². The molecule has 6 nitrogen and oxygen atoms in total. The molecule has 0 N–H and O–H groups in total. The van der Waals surface area contributed by atoms with Gasteiger partial charge in [-0.15, -0.1) is 0 Å². The molecule has 3 heterocycles. The van der Waals surface area contributed by atoms with Gasteiger partial charge in [0.05, 0.1) is 22.2 Å². The fourth-order valence-electron chi connectivity index (χ4n) is 5.81. The molecule has 1 unspecified atom stereocenters. The van der Waals surface area contributed by atoms with E-state index in [1.165, 1.54) is 6.07 Å². The van der Waals surface area contributed by atoms with Crippen molar-refractivity contribution in [1.29, 1.82) is 0 Å². The Morgan fingerprint density at radius 1 is 1.13 bits per heavy atom. The first-order valence-corrected chi connectivity index (χ1v) is 16.1. The molecule has 0 aliphatic carbocycles. The van der Waals surface area contributed by atoms with Gasteiger partial charge in [0.15, 0.2) is 5.78 Å². The van der Waals surface area contributed by atoms with Crippen molar-refractivity contribution in [2.75, 3.05) is 11.4 Å². The van der Waals surface area contributed by atoms with Crippen LogP contribution in [-0.2, 0) is 19.0 Å². The highest BCUT2D eigenvalue weighted by Crippen LogP contribution is 2.37. The lowest BCUT2D eigenvalue weighted by molar-refractivity contribution is -0.137. The van der Waals surface area contributed by atoms with Crippen LogP contribution >= 0.6 is 0 Å². The molecule has 1 saturated heterocycles. The Morgan fingerprint density at radius 2 is 1.89 bits per heavy atom. The van der Waals surface area contributed by atoms with E-state index in [0.717, 1.165) is 51.6 Å². The summed E-state index contributed by atoms with van der Waals surface area (Å²) in [4.78, 5) is 28.5. The van der Waals surface area contributed by atoms with Crippen LogP contribution in [0.1, 0.15) is 97.4 Å². The van der Waals surface area contributed by atoms with Crippen LogP contribution in [0, 0.1) is 18.8 Å². The van der Waals surface area contributed by atoms with Gasteiger partial charge in [0.1, 0.15) is 18.0 Å². The van der Waals surface area contributed by atoms with Crippen LogP contribution in [-0.4, -0.2) is 39.1 Å². The van der Waals surface area contributed by atoms with E-state index in [9.17, 15) is 18.0 Å². The third-order valence-electron chi connectivity index (χ3n) is 8.43. The molecule has 2 aromatic carbocycles. The summed E-state index contributed by atoms with van der Waals surface area (Å²) in [6.45, 7) is 12.3. The number of carbonyl (C=O) groups excluding carboxylic acids is 1. The number of unbranched alkanes of at least 4 members (excludes halogenated alkanes) is 1. The summed E-state index contributed by atoms with van der Waals surface area (Å²) in [6, 6.07) is 9.22. The number of Topliss-reactive ketones (excluding diaryl/α,β-unsaturated/α-hetero) is 1. The Bertz CT molecular complexity index is 1920. The number of anilines is 1. The normalized spacial score (nSPS) is 15.1. The standard InChI is InChI=1S/C38H40F3N5O/c1-7-33-35-30(21-45(24(3)4)37(35)44-23-43-33)16-15-28-19-29(14-13-25(28)5)36(47)34-22-46(34)32-18-27(17-31(20-32)38(39,40)41)12-10-9-11-26(6)42-8-2/h8,11,13-14,17-21,23-24,34H,7,9-10,12,22H2,1-6H3/b26-11-,42-8?. The maximum Gasteiger partial charge on any atom is 0.416 e. The van der Waals surface area contributed by atoms with Gasteiger partial charge in [-0.3, -0.25) is 9.79 Å². The third-order valence-corrected chi connectivity index (χ3v) is 8.43. The SMILES string of the molecule is CC=N/C(C)=C\CCCc1cc(N2CC2C(=O)c2ccc(C)c(C#Cc3cn(C(C)C)c4ncnc(CC)c34)c2)cc(C(F)(F)F)c1. The van der Waals surface area contributed by atoms with Crippen LogP contribution in [0.4, 0.5) is 18.9 Å². The highest BCUT2D eigenvalue weighted by molar-refractivity contribution is 6.05. The molecule has 1 aliphatic rings. The molecule has 9 heteroatoms.